The third-order valence-corrected chi connectivity index (χ3v) is 4.96. The predicted molar refractivity (Wildman–Crippen MR) is 91.6 cm³/mol. The van der Waals surface area contributed by atoms with E-state index in [1.165, 1.54) is 43.7 Å². The first-order chi connectivity index (χ1) is 11.7. The second-order valence-electron chi connectivity index (χ2n) is 6.47. The van der Waals surface area contributed by atoms with Gasteiger partial charge in [0, 0.05) is 5.56 Å². The molecule has 3 heteroatoms. The van der Waals surface area contributed by atoms with Crippen LogP contribution in [0.1, 0.15) is 61.6 Å². The normalized spacial score (nSPS) is 20.3. The summed E-state index contributed by atoms with van der Waals surface area (Å²) in [4.78, 5) is 3.14. The Morgan fingerprint density at radius 2 is 1.67 bits per heavy atom. The van der Waals surface area contributed by atoms with Gasteiger partial charge < -0.3 is 0 Å². The first kappa shape index (κ1) is 16.6. The minimum atomic E-state index is -0.869. The number of benzene rings is 1. The van der Waals surface area contributed by atoms with Crippen molar-refractivity contribution in [1.82, 2.24) is 4.98 Å². The molecule has 124 valence electrons. The zero-order valence-corrected chi connectivity index (χ0v) is 13.9. The summed E-state index contributed by atoms with van der Waals surface area (Å²) in [6.45, 7) is 2.28. The van der Waals surface area contributed by atoms with Crippen molar-refractivity contribution in [2.75, 3.05) is 0 Å². The van der Waals surface area contributed by atoms with Crippen molar-refractivity contribution in [3.8, 4) is 11.8 Å². The molecule has 1 nitrogen and oxygen atoms in total. The number of rotatable bonds is 2. The molecule has 0 bridgehead atoms. The van der Waals surface area contributed by atoms with Crippen molar-refractivity contribution in [2.24, 2.45) is 5.92 Å². The van der Waals surface area contributed by atoms with Gasteiger partial charge in [0.2, 0.25) is 11.9 Å². The summed E-state index contributed by atoms with van der Waals surface area (Å²) in [5, 5.41) is 0. The van der Waals surface area contributed by atoms with E-state index in [1.807, 2.05) is 12.1 Å². The van der Waals surface area contributed by atoms with Crippen LogP contribution < -0.4 is 0 Å². The SMILES string of the molecule is CC[C@H]1CC[C@H](c2ccc(C#Cc3ccc(F)nc3F)cc2)CC1. The van der Waals surface area contributed by atoms with E-state index in [2.05, 4.69) is 35.9 Å². The Morgan fingerprint density at radius 1 is 0.958 bits per heavy atom. The fourth-order valence-corrected chi connectivity index (χ4v) is 3.39. The van der Waals surface area contributed by atoms with E-state index >= 15 is 0 Å². The van der Waals surface area contributed by atoms with E-state index in [0.717, 1.165) is 17.5 Å². The van der Waals surface area contributed by atoms with Crippen LogP contribution in [0, 0.1) is 29.7 Å². The monoisotopic (exact) mass is 325 g/mol. The largest absolute Gasteiger partial charge is 0.231 e. The van der Waals surface area contributed by atoms with Gasteiger partial charge in [0.05, 0.1) is 5.56 Å². The quantitative estimate of drug-likeness (QED) is 0.529. The van der Waals surface area contributed by atoms with E-state index in [4.69, 9.17) is 0 Å². The molecule has 2 aromatic rings. The summed E-state index contributed by atoms with van der Waals surface area (Å²) in [6, 6.07) is 10.6. The minimum absolute atomic E-state index is 0.110. The molecule has 1 aliphatic rings. The highest BCUT2D eigenvalue weighted by molar-refractivity contribution is 5.43. The molecule has 1 heterocycles. The Hall–Kier alpha value is -2.21. The molecule has 0 unspecified atom stereocenters. The molecule has 0 atom stereocenters. The van der Waals surface area contributed by atoms with Gasteiger partial charge in [-0.3, -0.25) is 0 Å². The Kier molecular flexibility index (Phi) is 5.25. The lowest BCUT2D eigenvalue weighted by Gasteiger charge is -2.28. The molecule has 0 saturated heterocycles. The van der Waals surface area contributed by atoms with Crippen molar-refractivity contribution in [2.45, 2.75) is 44.9 Å². The molecule has 3 rings (SSSR count). The van der Waals surface area contributed by atoms with Gasteiger partial charge in [-0.05, 0) is 67.3 Å². The van der Waals surface area contributed by atoms with Crippen LogP contribution in [0.4, 0.5) is 8.78 Å². The number of hydrogen-bond donors (Lipinski definition) is 0. The lowest BCUT2D eigenvalue weighted by atomic mass is 9.78. The van der Waals surface area contributed by atoms with Crippen LogP contribution in [0.5, 0.6) is 0 Å². The molecule has 0 radical (unpaired) electrons. The predicted octanol–water partition coefficient (Wildman–Crippen LogP) is 5.44. The fraction of sp³-hybridized carbons (Fsp3) is 0.381. The lowest BCUT2D eigenvalue weighted by Crippen LogP contribution is -2.12. The van der Waals surface area contributed by atoms with Crippen LogP contribution in [0.3, 0.4) is 0 Å². The van der Waals surface area contributed by atoms with Crippen LogP contribution in [-0.2, 0) is 0 Å². The van der Waals surface area contributed by atoms with Crippen LogP contribution >= 0.6 is 0 Å². The summed E-state index contributed by atoms with van der Waals surface area (Å²) >= 11 is 0. The van der Waals surface area contributed by atoms with Gasteiger partial charge in [0.1, 0.15) is 0 Å². The number of aromatic nitrogens is 1. The molecular formula is C21H21F2N. The molecule has 1 aromatic heterocycles. The van der Waals surface area contributed by atoms with Gasteiger partial charge >= 0.3 is 0 Å². The maximum absolute atomic E-state index is 13.5. The Labute approximate surface area is 142 Å². The second kappa shape index (κ2) is 7.57. The van der Waals surface area contributed by atoms with Crippen molar-refractivity contribution in [1.29, 1.82) is 0 Å². The molecule has 0 aliphatic heterocycles. The molecule has 1 fully saturated rings. The molecule has 1 aliphatic carbocycles. The fourth-order valence-electron chi connectivity index (χ4n) is 3.39. The number of halogens is 2. The zero-order valence-electron chi connectivity index (χ0n) is 13.9. The first-order valence-electron chi connectivity index (χ1n) is 8.59. The number of hydrogen-bond acceptors (Lipinski definition) is 1. The van der Waals surface area contributed by atoms with Crippen LogP contribution in [0.15, 0.2) is 36.4 Å². The zero-order chi connectivity index (χ0) is 16.9. The second-order valence-corrected chi connectivity index (χ2v) is 6.47. The summed E-state index contributed by atoms with van der Waals surface area (Å²) in [5.74, 6) is 5.47. The highest BCUT2D eigenvalue weighted by Crippen LogP contribution is 2.36. The average molecular weight is 325 g/mol. The first-order valence-corrected chi connectivity index (χ1v) is 8.59. The summed E-state index contributed by atoms with van der Waals surface area (Å²) in [5.41, 5.74) is 2.30. The third-order valence-electron chi connectivity index (χ3n) is 4.96. The Balaban J connectivity index is 1.68. The van der Waals surface area contributed by atoms with Crippen LogP contribution in [-0.4, -0.2) is 4.98 Å². The average Bonchev–Trinajstić information content (AvgIpc) is 2.62. The van der Waals surface area contributed by atoms with Gasteiger partial charge in [-0.1, -0.05) is 37.3 Å². The Bertz CT molecular complexity index is 748. The van der Waals surface area contributed by atoms with Crippen molar-refractivity contribution in [3.05, 3.63) is 65.0 Å². The maximum Gasteiger partial charge on any atom is 0.231 e. The molecule has 0 spiro atoms. The lowest BCUT2D eigenvalue weighted by molar-refractivity contribution is 0.319. The summed E-state index contributed by atoms with van der Waals surface area (Å²) in [7, 11) is 0. The van der Waals surface area contributed by atoms with Crippen molar-refractivity contribution in [3.63, 3.8) is 0 Å². The maximum atomic E-state index is 13.5. The standard InChI is InChI=1S/C21H21F2N/c1-2-15-3-8-17(9-4-15)18-10-5-16(6-11-18)7-12-19-13-14-20(22)24-21(19)23/h5-6,10-11,13-15,17H,2-4,8-9H2,1H3/t15-,17-. The molecule has 0 amide bonds. The number of nitrogens with zero attached hydrogens (tertiary/aromatic N) is 1. The van der Waals surface area contributed by atoms with Gasteiger partial charge in [-0.2, -0.15) is 13.8 Å². The van der Waals surface area contributed by atoms with Crippen molar-refractivity contribution >= 4 is 0 Å². The molecule has 24 heavy (non-hydrogen) atoms. The molecule has 1 saturated carbocycles. The summed E-state index contributed by atoms with van der Waals surface area (Å²) < 4.78 is 26.2. The van der Waals surface area contributed by atoms with Gasteiger partial charge in [0.25, 0.3) is 0 Å². The highest BCUT2D eigenvalue weighted by Gasteiger charge is 2.20. The smallest absolute Gasteiger partial charge is 0.189 e. The molecular weight excluding hydrogens is 304 g/mol. The number of pyridine rings is 1. The minimum Gasteiger partial charge on any atom is -0.189 e. The van der Waals surface area contributed by atoms with Crippen molar-refractivity contribution < 1.29 is 8.78 Å². The van der Waals surface area contributed by atoms with E-state index in [0.29, 0.717) is 5.92 Å². The van der Waals surface area contributed by atoms with Gasteiger partial charge in [0.15, 0.2) is 0 Å². The molecule has 1 aromatic carbocycles. The van der Waals surface area contributed by atoms with Gasteiger partial charge in [-0.15, -0.1) is 0 Å². The van der Waals surface area contributed by atoms with Crippen LogP contribution in [0.25, 0.3) is 0 Å². The Morgan fingerprint density at radius 3 is 2.29 bits per heavy atom. The van der Waals surface area contributed by atoms with Crippen LogP contribution in [0.2, 0.25) is 0 Å². The highest BCUT2D eigenvalue weighted by atomic mass is 19.1. The third kappa shape index (κ3) is 4.00. The van der Waals surface area contributed by atoms with E-state index in [-0.39, 0.29) is 5.56 Å². The van der Waals surface area contributed by atoms with E-state index in [9.17, 15) is 8.78 Å². The van der Waals surface area contributed by atoms with E-state index in [1.54, 1.807) is 0 Å². The van der Waals surface area contributed by atoms with E-state index < -0.39 is 11.9 Å². The van der Waals surface area contributed by atoms with Gasteiger partial charge in [-0.25, -0.2) is 0 Å². The molecule has 0 N–H and O–H groups in total. The summed E-state index contributed by atoms with van der Waals surface area (Å²) in [6.07, 6.45) is 6.45. The topological polar surface area (TPSA) is 12.9 Å².